The van der Waals surface area contributed by atoms with Gasteiger partial charge in [0.05, 0.1) is 60.9 Å². The Balaban J connectivity index is 0.000000116. The molecule has 7 unspecified atom stereocenters. The van der Waals surface area contributed by atoms with Crippen molar-refractivity contribution in [3.05, 3.63) is 80.5 Å². The number of rotatable bonds is 26. The van der Waals surface area contributed by atoms with Gasteiger partial charge in [0.15, 0.2) is 33.6 Å². The molecule has 12 saturated heterocycles. The van der Waals surface area contributed by atoms with Crippen molar-refractivity contribution >= 4 is 141 Å². The highest BCUT2D eigenvalue weighted by Crippen LogP contribution is 2.64. The molecule has 0 aromatic carbocycles. The molecule has 31 atom stereocenters. The van der Waals surface area contributed by atoms with Crippen molar-refractivity contribution < 1.29 is 127 Å². The molecule has 0 aromatic rings. The van der Waals surface area contributed by atoms with E-state index >= 15 is 0 Å². The SMILES string of the molecule is CC1=CCCC([C@H](O)C23NC(=O)[C@H](CCCl)[C@@]2(CO)OC3=O)[C@@H]1C.C[C@@]12OC(=O)C1([C@@H](O)C1=C3CCCCC3=CCC1)NC(=O)[C@@H]2CCCl.C[C@@]12OC(=O)C1([C@@H](O)C1=CCCCC1)NC(=O)[C@@H]2CCCl.C[C@@]12OC(=O)C1([C@@H](O)C1=CCC[C@@H]3C[C@H]13)NC(=O)[C@@H]2CCCl.C[C@@]12OC(=O)C1([C@@H](O)[C@H]1CCC[C@@H]3C[C@@H]31)NC(=O)[C@@H]2CCCl.O=C1NC2([C@@H](O)C3=C4CCCCC4=CCC3)C(=O)O[C@]2(CO)[C@H]1CCCl. The van der Waals surface area contributed by atoms with Crippen molar-refractivity contribution in [2.24, 2.45) is 76.9 Å². The van der Waals surface area contributed by atoms with Gasteiger partial charge in [-0.2, -0.15) is 0 Å². The third kappa shape index (κ3) is 15.2. The van der Waals surface area contributed by atoms with Crippen LogP contribution < -0.4 is 31.9 Å². The molecule has 770 valence electrons. The largest absolute Gasteiger partial charge is 0.453 e. The smallest absolute Gasteiger partial charge is 0.340 e. The van der Waals surface area contributed by atoms with E-state index in [1.807, 2.05) is 26.0 Å². The van der Waals surface area contributed by atoms with Crippen molar-refractivity contribution in [3.63, 3.8) is 0 Å². The van der Waals surface area contributed by atoms with E-state index in [0.29, 0.717) is 85.7 Å². The van der Waals surface area contributed by atoms with Crippen LogP contribution in [-0.4, -0.2) is 264 Å². The molecule has 22 aliphatic rings. The van der Waals surface area contributed by atoms with Gasteiger partial charge >= 0.3 is 35.8 Å². The van der Waals surface area contributed by atoms with E-state index in [2.05, 4.69) is 50.1 Å². The highest BCUT2D eigenvalue weighted by molar-refractivity contribution is 6.20. The van der Waals surface area contributed by atoms with E-state index in [4.69, 9.17) is 98.0 Å². The predicted molar refractivity (Wildman–Crippen MR) is 510 cm³/mol. The van der Waals surface area contributed by atoms with Gasteiger partial charge in [-0.3, -0.25) is 28.8 Å². The third-order valence-corrected chi connectivity index (χ3v) is 38.6. The number of alkyl halides is 6. The zero-order chi connectivity index (χ0) is 101. The van der Waals surface area contributed by atoms with Crippen molar-refractivity contribution in [1.29, 1.82) is 0 Å². The molecule has 140 heavy (non-hydrogen) atoms. The van der Waals surface area contributed by atoms with Crippen LogP contribution in [0.5, 0.6) is 0 Å². The topological polar surface area (TPSA) is 494 Å². The number of carbonyl (C=O) groups excluding carboxylic acids is 12. The number of fused-ring (bicyclic) bond motifs is 10. The minimum Gasteiger partial charge on any atom is -0.453 e. The summed E-state index contributed by atoms with van der Waals surface area (Å²) in [6.07, 6.45) is 30.7. The number of aliphatic hydroxyl groups excluding tert-OH is 8. The van der Waals surface area contributed by atoms with Crippen LogP contribution in [0.1, 0.15) is 241 Å². The van der Waals surface area contributed by atoms with Gasteiger partial charge in [0.25, 0.3) is 0 Å². The van der Waals surface area contributed by atoms with Gasteiger partial charge in [-0.05, 0) is 307 Å². The number of amides is 6. The van der Waals surface area contributed by atoms with Crippen molar-refractivity contribution in [2.75, 3.05) is 48.5 Å². The quantitative estimate of drug-likeness (QED) is 0.0168. The number of esters is 6. The number of allylic oxidation sites excluding steroid dienone is 10. The summed E-state index contributed by atoms with van der Waals surface area (Å²) in [6.45, 7) is 9.93. The molecular formula is C102H134Cl6N6O26. The second kappa shape index (κ2) is 39.1. The van der Waals surface area contributed by atoms with E-state index in [-0.39, 0.29) is 66.0 Å². The Kier molecular flexibility index (Phi) is 29.2. The first-order chi connectivity index (χ1) is 66.7. The van der Waals surface area contributed by atoms with Crippen LogP contribution in [0.25, 0.3) is 0 Å². The van der Waals surface area contributed by atoms with Gasteiger partial charge in [-0.1, -0.05) is 55.7 Å². The van der Waals surface area contributed by atoms with E-state index in [0.717, 1.165) is 175 Å². The molecule has 32 nitrogen and oxygen atoms in total. The fourth-order valence-electron chi connectivity index (χ4n) is 28.9. The summed E-state index contributed by atoms with van der Waals surface area (Å²) in [5.74, 6) is -4.95. The lowest BCUT2D eigenvalue weighted by Crippen LogP contribution is -2.82. The molecule has 12 aliphatic heterocycles. The van der Waals surface area contributed by atoms with Gasteiger partial charge in [0.2, 0.25) is 68.7 Å². The summed E-state index contributed by atoms with van der Waals surface area (Å²) in [6, 6.07) is 0. The van der Waals surface area contributed by atoms with Crippen LogP contribution in [0.2, 0.25) is 0 Å². The van der Waals surface area contributed by atoms with Gasteiger partial charge in [0, 0.05) is 35.3 Å². The number of nitrogens with one attached hydrogen (secondary N) is 6. The number of hydrogen-bond donors (Lipinski definition) is 14. The van der Waals surface area contributed by atoms with Crippen LogP contribution >= 0.6 is 69.6 Å². The Morgan fingerprint density at radius 1 is 0.357 bits per heavy atom. The molecule has 38 heteroatoms. The van der Waals surface area contributed by atoms with Gasteiger partial charge in [-0.15, -0.1) is 69.6 Å². The average Bonchev–Trinajstić information content (AvgIpc) is 1.47. The predicted octanol–water partition coefficient (Wildman–Crippen LogP) is 8.07. The van der Waals surface area contributed by atoms with Crippen LogP contribution in [0.15, 0.2) is 80.5 Å². The maximum atomic E-state index is 12.6. The Morgan fingerprint density at radius 3 is 1.18 bits per heavy atom. The summed E-state index contributed by atoms with van der Waals surface area (Å²) in [7, 11) is 0. The summed E-state index contributed by atoms with van der Waals surface area (Å²) in [5, 5.41) is 103. The fraction of sp³-hybridized carbons (Fsp3) is 0.745. The molecule has 14 N–H and O–H groups in total. The first-order valence-electron chi connectivity index (χ1n) is 50.6. The van der Waals surface area contributed by atoms with E-state index < -0.39 is 200 Å². The lowest BCUT2D eigenvalue weighted by Gasteiger charge is -2.56. The lowest BCUT2D eigenvalue weighted by molar-refractivity contribution is -0.255. The van der Waals surface area contributed by atoms with Crippen LogP contribution in [-0.2, 0) is 86.0 Å². The second-order valence-electron chi connectivity index (χ2n) is 43.4. The minimum absolute atomic E-state index is 0.0805. The molecule has 22 rings (SSSR count). The maximum absolute atomic E-state index is 12.6. The third-order valence-electron chi connectivity index (χ3n) is 37.3. The molecule has 6 amide bonds. The summed E-state index contributed by atoms with van der Waals surface area (Å²) in [4.78, 5) is 149. The fourth-order valence-corrected chi connectivity index (χ4v) is 30.2. The maximum Gasteiger partial charge on any atom is 0.340 e. The average molecular weight is 2070 g/mol. The van der Waals surface area contributed by atoms with Crippen molar-refractivity contribution in [2.45, 2.75) is 344 Å². The highest BCUT2D eigenvalue weighted by atomic mass is 35.5. The summed E-state index contributed by atoms with van der Waals surface area (Å²) in [5.41, 5.74) is -5.96. The Hall–Kier alpha value is -6.76. The molecule has 0 aromatic heterocycles. The van der Waals surface area contributed by atoms with Gasteiger partial charge in [-0.25, -0.2) is 28.8 Å². The number of ether oxygens (including phenoxy) is 6. The molecule has 12 heterocycles. The first kappa shape index (κ1) is 105. The lowest BCUT2D eigenvalue weighted by atomic mass is 9.61. The van der Waals surface area contributed by atoms with Crippen LogP contribution in [0, 0.1) is 76.9 Å². The van der Waals surface area contributed by atoms with Crippen LogP contribution in [0.4, 0.5) is 0 Å². The van der Waals surface area contributed by atoms with Gasteiger partial charge < -0.3 is 101 Å². The Morgan fingerprint density at radius 2 is 0.736 bits per heavy atom. The van der Waals surface area contributed by atoms with Crippen molar-refractivity contribution in [3.8, 4) is 0 Å². The number of carbonyl (C=O) groups is 12. The monoisotopic (exact) mass is 2070 g/mol. The molecule has 0 spiro atoms. The highest BCUT2D eigenvalue weighted by Gasteiger charge is 2.87. The summed E-state index contributed by atoms with van der Waals surface area (Å²) >= 11 is 34.8. The molecular weight excluding hydrogens is 1940 g/mol. The zero-order valence-electron chi connectivity index (χ0n) is 80.1. The summed E-state index contributed by atoms with van der Waals surface area (Å²) < 4.78 is 32.3. The number of aliphatic hydroxyl groups is 8. The molecule has 0 bridgehead atoms. The Labute approximate surface area is 844 Å². The number of halogens is 6. The zero-order valence-corrected chi connectivity index (χ0v) is 84.7. The van der Waals surface area contributed by atoms with Crippen molar-refractivity contribution in [1.82, 2.24) is 31.9 Å². The normalized spacial score (nSPS) is 42.2. The van der Waals surface area contributed by atoms with E-state index in [9.17, 15) is 98.4 Å². The van der Waals surface area contributed by atoms with Gasteiger partial charge in [0.1, 0.15) is 24.4 Å². The molecule has 17 fully saturated rings. The van der Waals surface area contributed by atoms with E-state index in [1.165, 1.54) is 23.1 Å². The standard InChI is InChI=1S/C19H24ClNO5.C19H24ClNO4.C17H24ClNO5.C16H22ClNO4.C16H20ClNO4.C15H20ClNO4/c20-9-8-14-16(24)21-19(17(25)26-18(14,19)10-22)15(23)13-7-3-5-11-4-1-2-6-12(11)13;1-18-14(9-10-20)16(23)21-19(18,17(24)25-18)15(22)13-8-4-6-11-5-2-3-7-12(11)13;1-9-4-3-5-11(10(9)2)13(21)17-15(23)24-16(17,8-20)12(6-7-18)14(22)19-17;2*1-15-11(5-6-17)13(20)18-16(15,14(21)22-15)12(19)9-4-2-3-8-7-10(8)9;1-14-10(7-8-16)12(19)17-15(14,13(20)21-14)11(18)9-5-3-2-4-6-9/h5,14-15,22-23H,1-4,6-10H2,(H,21,24);6,14-15,22H,2-5,7-10H2,1H3,(H,21,23);4,10-13,20-21H,3,5-8H2,1-2H3,(H,19,22);8-12,19H,2-7H2,1H3,(H,18,20);4,8,10-12,19H,2-3,5-7H2,1H3,(H,18,20);5,10-11,18H,2-4,6-8H2,1H3,(H,17,19)/t14-,15-,18+,19?;14-,15-,18-,19?;10-,11?,12+,13+,16-,17?;8-,9+,10+,11+,12+,15+,16?;8-,10+,11+,12+,15+,16?;10-,11-,14-,15?/m001110/s1. The molecule has 0 radical (unpaired) electrons. The Bertz CT molecular complexity index is 5280. The minimum atomic E-state index is -1.61. The van der Waals surface area contributed by atoms with E-state index in [1.54, 1.807) is 27.7 Å². The second-order valence-corrected chi connectivity index (χ2v) is 45.7. The molecule has 10 aliphatic carbocycles. The number of hydrogen-bond acceptors (Lipinski definition) is 26. The molecule has 5 saturated carbocycles. The van der Waals surface area contributed by atoms with Crippen LogP contribution in [0.3, 0.4) is 0 Å². The first-order valence-corrected chi connectivity index (χ1v) is 53.8.